The van der Waals surface area contributed by atoms with Crippen molar-refractivity contribution in [2.75, 3.05) is 0 Å². The first-order valence-electron chi connectivity index (χ1n) is 9.74. The maximum absolute atomic E-state index is 15.3. The third-order valence-corrected chi connectivity index (χ3v) is 6.28. The maximum atomic E-state index is 15.3. The smallest absolute Gasteiger partial charge is 0.338 e. The molecular weight excluding hydrogens is 421 g/mol. The predicted molar refractivity (Wildman–Crippen MR) is 115 cm³/mol. The van der Waals surface area contributed by atoms with Gasteiger partial charge in [-0.05, 0) is 22.2 Å². The van der Waals surface area contributed by atoms with E-state index in [1.165, 1.54) is 0 Å². The summed E-state index contributed by atoms with van der Waals surface area (Å²) in [7, 11) is -1.39. The van der Waals surface area contributed by atoms with Crippen molar-refractivity contribution < 1.29 is 27.5 Å². The molecule has 3 rings (SSSR count). The van der Waals surface area contributed by atoms with E-state index in [0.717, 1.165) is 6.07 Å². The highest BCUT2D eigenvalue weighted by Gasteiger charge is 2.42. The van der Waals surface area contributed by atoms with Gasteiger partial charge in [-0.2, -0.15) is 0 Å². The molecule has 0 fully saturated rings. The van der Waals surface area contributed by atoms with Crippen molar-refractivity contribution in [1.29, 1.82) is 0 Å². The third kappa shape index (κ3) is 4.43. The minimum absolute atomic E-state index is 0.223. The Morgan fingerprint density at radius 2 is 1.32 bits per heavy atom. The topological polar surface area (TPSA) is 46.5 Å². The Hall–Kier alpha value is -2.90. The normalized spacial score (nSPS) is 12.5. The number of benzene rings is 3. The molecule has 0 aliphatic heterocycles. The lowest BCUT2D eigenvalue weighted by molar-refractivity contribution is 0.0689. The number of carboxylic acids is 1. The molecule has 0 saturated carbocycles. The van der Waals surface area contributed by atoms with Crippen molar-refractivity contribution >= 4 is 15.7 Å². The van der Waals surface area contributed by atoms with Crippen LogP contribution in [0.1, 0.15) is 47.8 Å². The monoisotopic (exact) mass is 444 g/mol. The molecule has 0 aliphatic rings. The first-order chi connectivity index (χ1) is 14.6. The Morgan fingerprint density at radius 3 is 1.74 bits per heavy atom. The summed E-state index contributed by atoms with van der Waals surface area (Å²) in [6.07, 6.45) is 0. The van der Waals surface area contributed by atoms with Crippen LogP contribution < -0.4 is 0 Å². The van der Waals surface area contributed by atoms with E-state index in [9.17, 15) is 18.7 Å². The van der Waals surface area contributed by atoms with Gasteiger partial charge in [-0.3, -0.25) is 0 Å². The molecule has 3 aromatic rings. The quantitative estimate of drug-likeness (QED) is 0.314. The SMILES string of the molecule is CC(C)(C)[SiH2]OC(c1ccccc1)(c1ccccc1)c1cc(C(=O)O)c(F)c(F)c1F. The van der Waals surface area contributed by atoms with Crippen molar-refractivity contribution in [2.24, 2.45) is 0 Å². The molecule has 0 spiro atoms. The molecule has 0 atom stereocenters. The fourth-order valence-corrected chi connectivity index (χ4v) is 4.55. The Bertz CT molecular complexity index is 1040. The van der Waals surface area contributed by atoms with Crippen LogP contribution in [0.4, 0.5) is 13.2 Å². The first kappa shape index (κ1) is 22.8. The fourth-order valence-electron chi connectivity index (χ4n) is 3.41. The zero-order valence-electron chi connectivity index (χ0n) is 17.5. The van der Waals surface area contributed by atoms with Gasteiger partial charge in [0, 0.05) is 5.56 Å². The van der Waals surface area contributed by atoms with E-state index < -0.39 is 44.3 Å². The summed E-state index contributed by atoms with van der Waals surface area (Å²) in [5.41, 5.74) is -2.01. The summed E-state index contributed by atoms with van der Waals surface area (Å²) < 4.78 is 50.6. The van der Waals surface area contributed by atoms with E-state index in [0.29, 0.717) is 11.1 Å². The van der Waals surface area contributed by atoms with Gasteiger partial charge in [-0.15, -0.1) is 0 Å². The van der Waals surface area contributed by atoms with E-state index >= 15 is 4.39 Å². The number of hydrogen-bond acceptors (Lipinski definition) is 2. The van der Waals surface area contributed by atoms with Gasteiger partial charge in [0.2, 0.25) is 0 Å². The van der Waals surface area contributed by atoms with Gasteiger partial charge in [-0.1, -0.05) is 81.4 Å². The molecule has 0 amide bonds. The average molecular weight is 445 g/mol. The second kappa shape index (κ2) is 8.68. The Morgan fingerprint density at radius 1 is 0.839 bits per heavy atom. The lowest BCUT2D eigenvalue weighted by atomic mass is 9.79. The van der Waals surface area contributed by atoms with Crippen LogP contribution >= 0.6 is 0 Å². The second-order valence-electron chi connectivity index (χ2n) is 8.48. The summed E-state index contributed by atoms with van der Waals surface area (Å²) >= 11 is 0. The minimum Gasteiger partial charge on any atom is -0.478 e. The summed E-state index contributed by atoms with van der Waals surface area (Å²) in [6.45, 7) is 5.93. The van der Waals surface area contributed by atoms with Gasteiger partial charge in [0.25, 0.3) is 0 Å². The van der Waals surface area contributed by atoms with E-state index in [1.54, 1.807) is 60.7 Å². The van der Waals surface area contributed by atoms with Crippen molar-refractivity contribution in [3.63, 3.8) is 0 Å². The maximum Gasteiger partial charge on any atom is 0.338 e. The molecule has 0 aromatic heterocycles. The summed E-state index contributed by atoms with van der Waals surface area (Å²) in [4.78, 5) is 11.6. The zero-order valence-corrected chi connectivity index (χ0v) is 18.9. The van der Waals surface area contributed by atoms with Crippen molar-refractivity contribution in [3.8, 4) is 0 Å². The van der Waals surface area contributed by atoms with Crippen LogP contribution in [0.15, 0.2) is 66.7 Å². The first-order valence-corrected chi connectivity index (χ1v) is 11.0. The standard InChI is InChI=1S/C24H23F3O3Si/c1-23(2,3)31-30-24(15-10-6-4-7-11-15,16-12-8-5-9-13-16)18-14-17(22(28)29)19(25)21(27)20(18)26/h4-14H,31H2,1-3H3,(H,28,29). The van der Waals surface area contributed by atoms with Crippen LogP contribution in [0.3, 0.4) is 0 Å². The zero-order chi connectivity index (χ0) is 22.8. The molecule has 0 radical (unpaired) electrons. The van der Waals surface area contributed by atoms with E-state index in [-0.39, 0.29) is 10.6 Å². The third-order valence-electron chi connectivity index (χ3n) is 4.84. The van der Waals surface area contributed by atoms with E-state index in [2.05, 4.69) is 0 Å². The summed E-state index contributed by atoms with van der Waals surface area (Å²) in [5.74, 6) is -6.75. The van der Waals surface area contributed by atoms with Crippen molar-refractivity contribution in [1.82, 2.24) is 0 Å². The molecular formula is C24H23F3O3Si. The van der Waals surface area contributed by atoms with Crippen LogP contribution in [-0.4, -0.2) is 20.8 Å². The molecule has 1 N–H and O–H groups in total. The number of carboxylic acid groups (broad SMARTS) is 1. The Labute approximate surface area is 181 Å². The molecule has 0 unspecified atom stereocenters. The molecule has 0 aliphatic carbocycles. The predicted octanol–water partition coefficient (Wildman–Crippen LogP) is 5.41. The van der Waals surface area contributed by atoms with E-state index in [4.69, 9.17) is 4.43 Å². The number of rotatable bonds is 6. The highest BCUT2D eigenvalue weighted by molar-refractivity contribution is 6.32. The molecule has 0 bridgehead atoms. The van der Waals surface area contributed by atoms with Crippen molar-refractivity contribution in [2.45, 2.75) is 31.4 Å². The van der Waals surface area contributed by atoms with Crippen LogP contribution in [-0.2, 0) is 10.0 Å². The van der Waals surface area contributed by atoms with Gasteiger partial charge in [0.1, 0.15) is 5.60 Å². The molecule has 0 heterocycles. The Balaban J connectivity index is 2.45. The van der Waals surface area contributed by atoms with Crippen LogP contribution in [0, 0.1) is 17.5 Å². The molecule has 0 saturated heterocycles. The number of hydrogen-bond donors (Lipinski definition) is 1. The van der Waals surface area contributed by atoms with Crippen LogP contribution in [0.2, 0.25) is 5.04 Å². The summed E-state index contributed by atoms with van der Waals surface area (Å²) in [6, 6.07) is 18.1. The molecule has 162 valence electrons. The molecule has 3 nitrogen and oxygen atoms in total. The number of carbonyl (C=O) groups is 1. The molecule has 7 heteroatoms. The second-order valence-corrected chi connectivity index (χ2v) is 11.2. The molecule has 31 heavy (non-hydrogen) atoms. The molecule has 3 aromatic carbocycles. The fraction of sp³-hybridized carbons (Fsp3) is 0.208. The largest absolute Gasteiger partial charge is 0.478 e. The number of halogens is 3. The lowest BCUT2D eigenvalue weighted by Gasteiger charge is -2.38. The van der Waals surface area contributed by atoms with Crippen LogP contribution in [0.5, 0.6) is 0 Å². The lowest BCUT2D eigenvalue weighted by Crippen LogP contribution is -2.37. The number of aromatic carboxylic acids is 1. The van der Waals surface area contributed by atoms with Gasteiger partial charge >= 0.3 is 5.97 Å². The highest BCUT2D eigenvalue weighted by Crippen LogP contribution is 2.44. The van der Waals surface area contributed by atoms with Crippen molar-refractivity contribution in [3.05, 3.63) is 106 Å². The highest BCUT2D eigenvalue weighted by atomic mass is 28.2. The van der Waals surface area contributed by atoms with Gasteiger partial charge in [0.15, 0.2) is 27.2 Å². The van der Waals surface area contributed by atoms with Crippen LogP contribution in [0.25, 0.3) is 0 Å². The van der Waals surface area contributed by atoms with Gasteiger partial charge in [-0.25, -0.2) is 18.0 Å². The summed E-state index contributed by atoms with van der Waals surface area (Å²) in [5, 5.41) is 9.19. The van der Waals surface area contributed by atoms with E-state index in [1.807, 2.05) is 20.8 Å². The van der Waals surface area contributed by atoms with Gasteiger partial charge in [0.05, 0.1) is 5.56 Å². The van der Waals surface area contributed by atoms with Gasteiger partial charge < -0.3 is 9.53 Å². The average Bonchev–Trinajstić information content (AvgIpc) is 2.74. The minimum atomic E-state index is -1.84. The Kier molecular flexibility index (Phi) is 6.38.